The summed E-state index contributed by atoms with van der Waals surface area (Å²) in [6, 6.07) is 17.4. The zero-order valence-corrected chi connectivity index (χ0v) is 21.1. The molecule has 2 atom stereocenters. The molecule has 3 aromatic rings. The monoisotopic (exact) mass is 476 g/mol. The number of ether oxygens (including phenoxy) is 1. The fraction of sp³-hybridized carbons (Fsp3) is 0.357. The summed E-state index contributed by atoms with van der Waals surface area (Å²) in [6.45, 7) is 6.75. The Balaban J connectivity index is 1.63. The largest absolute Gasteiger partial charge is 0.497 e. The lowest BCUT2D eigenvalue weighted by Crippen LogP contribution is -2.49. The van der Waals surface area contributed by atoms with Crippen molar-refractivity contribution in [2.24, 2.45) is 0 Å². The zero-order chi connectivity index (χ0) is 24.2. The summed E-state index contributed by atoms with van der Waals surface area (Å²) >= 11 is 1.74. The lowest BCUT2D eigenvalue weighted by Gasteiger charge is -2.38. The molecule has 6 heteroatoms. The maximum absolute atomic E-state index is 13.8. The van der Waals surface area contributed by atoms with Crippen molar-refractivity contribution in [2.45, 2.75) is 45.7 Å². The van der Waals surface area contributed by atoms with Gasteiger partial charge in [-0.25, -0.2) is 0 Å². The molecular formula is C28H32N2O3S. The second-order valence-electron chi connectivity index (χ2n) is 8.87. The highest BCUT2D eigenvalue weighted by atomic mass is 32.1. The smallest absolute Gasteiger partial charge is 0.254 e. The molecule has 0 bridgehead atoms. The minimum Gasteiger partial charge on any atom is -0.497 e. The molecule has 178 valence electrons. The van der Waals surface area contributed by atoms with E-state index in [4.69, 9.17) is 4.74 Å². The van der Waals surface area contributed by atoms with Crippen molar-refractivity contribution < 1.29 is 14.3 Å². The van der Waals surface area contributed by atoms with Crippen LogP contribution in [0.5, 0.6) is 5.75 Å². The van der Waals surface area contributed by atoms with Crippen LogP contribution in [0.4, 0.5) is 0 Å². The Morgan fingerprint density at radius 2 is 1.82 bits per heavy atom. The van der Waals surface area contributed by atoms with Gasteiger partial charge in [-0.3, -0.25) is 9.59 Å². The van der Waals surface area contributed by atoms with E-state index in [2.05, 4.69) is 11.4 Å². The van der Waals surface area contributed by atoms with Gasteiger partial charge in [0.15, 0.2) is 0 Å². The fourth-order valence-corrected chi connectivity index (χ4v) is 5.38. The molecule has 0 saturated heterocycles. The molecule has 1 aliphatic heterocycles. The van der Waals surface area contributed by atoms with Gasteiger partial charge in [-0.05, 0) is 73.5 Å². The van der Waals surface area contributed by atoms with Crippen LogP contribution in [0.15, 0.2) is 60.0 Å². The van der Waals surface area contributed by atoms with Crippen LogP contribution in [0, 0.1) is 6.92 Å². The summed E-state index contributed by atoms with van der Waals surface area (Å²) in [4.78, 5) is 32.1. The Labute approximate surface area is 206 Å². The third-order valence-electron chi connectivity index (χ3n) is 6.71. The molecule has 2 heterocycles. The van der Waals surface area contributed by atoms with E-state index in [1.165, 1.54) is 10.4 Å². The number of rotatable bonds is 7. The molecule has 5 nitrogen and oxygen atoms in total. The van der Waals surface area contributed by atoms with Gasteiger partial charge in [-0.15, -0.1) is 11.3 Å². The Kier molecular flexibility index (Phi) is 7.37. The van der Waals surface area contributed by atoms with Crippen LogP contribution in [0.2, 0.25) is 0 Å². The second-order valence-corrected chi connectivity index (χ2v) is 9.87. The first-order chi connectivity index (χ1) is 16.4. The molecule has 0 aliphatic carbocycles. The van der Waals surface area contributed by atoms with Gasteiger partial charge in [-0.1, -0.05) is 36.8 Å². The van der Waals surface area contributed by atoms with E-state index in [9.17, 15) is 9.59 Å². The lowest BCUT2D eigenvalue weighted by molar-refractivity contribution is -0.134. The van der Waals surface area contributed by atoms with Gasteiger partial charge in [0.1, 0.15) is 12.3 Å². The van der Waals surface area contributed by atoms with E-state index in [1.807, 2.05) is 74.2 Å². The molecule has 2 amide bonds. The van der Waals surface area contributed by atoms with Crippen LogP contribution < -0.4 is 4.74 Å². The van der Waals surface area contributed by atoms with E-state index in [-0.39, 0.29) is 30.4 Å². The molecule has 0 N–H and O–H groups in total. The van der Waals surface area contributed by atoms with Crippen LogP contribution >= 0.6 is 11.3 Å². The van der Waals surface area contributed by atoms with Gasteiger partial charge >= 0.3 is 0 Å². The number of carbonyl (C=O) groups is 2. The number of thiophene rings is 1. The van der Waals surface area contributed by atoms with Gasteiger partial charge in [-0.2, -0.15) is 0 Å². The van der Waals surface area contributed by atoms with E-state index in [0.717, 1.165) is 29.7 Å². The molecule has 1 aliphatic rings. The topological polar surface area (TPSA) is 49.9 Å². The highest BCUT2D eigenvalue weighted by Crippen LogP contribution is 2.38. The van der Waals surface area contributed by atoms with Crippen LogP contribution in [0.25, 0.3) is 0 Å². The van der Waals surface area contributed by atoms with Crippen molar-refractivity contribution in [3.8, 4) is 5.75 Å². The molecule has 1 aromatic heterocycles. The summed E-state index contributed by atoms with van der Waals surface area (Å²) < 4.78 is 5.33. The van der Waals surface area contributed by atoms with Crippen molar-refractivity contribution in [1.82, 2.24) is 9.80 Å². The van der Waals surface area contributed by atoms with Crippen LogP contribution in [0.3, 0.4) is 0 Å². The summed E-state index contributed by atoms with van der Waals surface area (Å²) in [7, 11) is 1.65. The quantitative estimate of drug-likeness (QED) is 0.454. The first-order valence-corrected chi connectivity index (χ1v) is 12.7. The standard InChI is InChI=1S/C28H32N2O3S/c1-5-20(3)30(28(32)22-8-6-19(2)7-9-22)18-26(31)29-16-14-25-24(15-17-34-25)27(29)21-10-12-23(33-4)13-11-21/h6-13,15,17,20,27H,5,14,16,18H2,1-4H3. The number of nitrogens with zero attached hydrogens (tertiary/aromatic N) is 2. The predicted octanol–water partition coefficient (Wildman–Crippen LogP) is 5.48. The van der Waals surface area contributed by atoms with E-state index < -0.39 is 0 Å². The average Bonchev–Trinajstić information content (AvgIpc) is 3.35. The molecule has 0 saturated carbocycles. The maximum Gasteiger partial charge on any atom is 0.254 e. The van der Waals surface area contributed by atoms with Gasteiger partial charge in [0.25, 0.3) is 5.91 Å². The minimum absolute atomic E-state index is 0.0292. The minimum atomic E-state index is -0.165. The molecule has 34 heavy (non-hydrogen) atoms. The van der Waals surface area contributed by atoms with Crippen LogP contribution in [-0.4, -0.2) is 47.9 Å². The number of hydrogen-bond acceptors (Lipinski definition) is 4. The Morgan fingerprint density at radius 3 is 2.47 bits per heavy atom. The van der Waals surface area contributed by atoms with Crippen molar-refractivity contribution >= 4 is 23.2 Å². The van der Waals surface area contributed by atoms with E-state index in [1.54, 1.807) is 23.3 Å². The number of hydrogen-bond donors (Lipinski definition) is 0. The molecule has 4 rings (SSSR count). The Hall–Kier alpha value is -3.12. The number of amides is 2. The average molecular weight is 477 g/mol. The highest BCUT2D eigenvalue weighted by molar-refractivity contribution is 7.10. The SMILES string of the molecule is CCC(C)N(CC(=O)N1CCc2sccc2C1c1ccc(OC)cc1)C(=O)c1ccc(C)cc1. The number of carbonyl (C=O) groups excluding carboxylic acids is 2. The fourth-order valence-electron chi connectivity index (χ4n) is 4.48. The molecule has 2 unspecified atom stereocenters. The second kappa shape index (κ2) is 10.4. The number of benzene rings is 2. The van der Waals surface area contributed by atoms with Crippen LogP contribution in [0.1, 0.15) is 58.2 Å². The maximum atomic E-state index is 13.8. The van der Waals surface area contributed by atoms with Crippen molar-refractivity contribution in [2.75, 3.05) is 20.2 Å². The first-order valence-electron chi connectivity index (χ1n) is 11.8. The van der Waals surface area contributed by atoms with E-state index >= 15 is 0 Å². The third-order valence-corrected chi connectivity index (χ3v) is 7.70. The molecule has 0 fully saturated rings. The normalized spacial score (nSPS) is 16.0. The molecular weight excluding hydrogens is 444 g/mol. The zero-order valence-electron chi connectivity index (χ0n) is 20.3. The van der Waals surface area contributed by atoms with Gasteiger partial charge in [0, 0.05) is 23.0 Å². The Morgan fingerprint density at radius 1 is 1.12 bits per heavy atom. The summed E-state index contributed by atoms with van der Waals surface area (Å²) in [5.41, 5.74) is 3.94. The van der Waals surface area contributed by atoms with Crippen molar-refractivity contribution in [3.63, 3.8) is 0 Å². The summed E-state index contributed by atoms with van der Waals surface area (Å²) in [5, 5.41) is 2.10. The lowest BCUT2D eigenvalue weighted by atomic mass is 9.93. The molecule has 2 aromatic carbocycles. The van der Waals surface area contributed by atoms with Gasteiger partial charge in [0.2, 0.25) is 5.91 Å². The van der Waals surface area contributed by atoms with E-state index in [0.29, 0.717) is 12.1 Å². The van der Waals surface area contributed by atoms with Crippen LogP contribution in [-0.2, 0) is 11.2 Å². The summed E-state index contributed by atoms with van der Waals surface area (Å²) in [5.74, 6) is 0.657. The first kappa shape index (κ1) is 24.0. The van der Waals surface area contributed by atoms with Gasteiger partial charge < -0.3 is 14.5 Å². The third kappa shape index (κ3) is 4.87. The van der Waals surface area contributed by atoms with Crippen molar-refractivity contribution in [3.05, 3.63) is 87.1 Å². The number of fused-ring (bicyclic) bond motifs is 1. The summed E-state index contributed by atoms with van der Waals surface area (Å²) in [6.07, 6.45) is 1.61. The van der Waals surface area contributed by atoms with Gasteiger partial charge in [0.05, 0.1) is 13.2 Å². The molecule has 0 spiro atoms. The predicted molar refractivity (Wildman–Crippen MR) is 137 cm³/mol. The Bertz CT molecular complexity index is 1140. The molecule has 0 radical (unpaired) electrons. The highest BCUT2D eigenvalue weighted by Gasteiger charge is 2.34. The van der Waals surface area contributed by atoms with Crippen molar-refractivity contribution in [1.29, 1.82) is 0 Å². The number of methoxy groups -OCH3 is 1. The number of aryl methyl sites for hydroxylation is 1.